The van der Waals surface area contributed by atoms with E-state index in [1.165, 1.54) is 11.8 Å². The Morgan fingerprint density at radius 3 is 2.72 bits per heavy atom. The maximum atomic E-state index is 12.3. The molecule has 0 aliphatic heterocycles. The van der Waals surface area contributed by atoms with Crippen molar-refractivity contribution in [1.82, 2.24) is 10.4 Å². The van der Waals surface area contributed by atoms with E-state index < -0.39 is 0 Å². The van der Waals surface area contributed by atoms with Crippen LogP contribution in [0.1, 0.15) is 11.1 Å². The van der Waals surface area contributed by atoms with Crippen molar-refractivity contribution >= 4 is 56.2 Å². The molecule has 5 rings (SSSR count). The van der Waals surface area contributed by atoms with Crippen LogP contribution in [-0.4, -0.2) is 30.0 Å². The second-order valence-electron chi connectivity index (χ2n) is 7.83. The van der Waals surface area contributed by atoms with E-state index in [4.69, 9.17) is 9.47 Å². The Hall–Kier alpha value is -3.88. The summed E-state index contributed by atoms with van der Waals surface area (Å²) in [6.07, 6.45) is 1.57. The molecule has 1 aromatic heterocycles. The number of ether oxygens (including phenoxy) is 2. The van der Waals surface area contributed by atoms with Gasteiger partial charge in [-0.1, -0.05) is 72.4 Å². The number of methoxy groups -OCH3 is 1. The minimum absolute atomic E-state index is 0.211. The summed E-state index contributed by atoms with van der Waals surface area (Å²) in [5.41, 5.74) is 5.30. The molecule has 0 atom stereocenters. The molecule has 180 valence electrons. The molecule has 36 heavy (non-hydrogen) atoms. The number of thiazole rings is 1. The van der Waals surface area contributed by atoms with Gasteiger partial charge in [-0.2, -0.15) is 5.10 Å². The first-order valence-electron chi connectivity index (χ1n) is 11.3. The molecule has 0 radical (unpaired) electrons. The molecule has 1 heterocycles. The quantitative estimate of drug-likeness (QED) is 0.143. The van der Waals surface area contributed by atoms with Crippen molar-refractivity contribution in [2.45, 2.75) is 10.9 Å². The maximum absolute atomic E-state index is 12.3. The lowest BCUT2D eigenvalue weighted by molar-refractivity contribution is -0.118. The van der Waals surface area contributed by atoms with Gasteiger partial charge in [0, 0.05) is 5.56 Å². The fourth-order valence-electron chi connectivity index (χ4n) is 3.76. The van der Waals surface area contributed by atoms with E-state index in [1.54, 1.807) is 24.7 Å². The number of thioether (sulfide) groups is 1. The summed E-state index contributed by atoms with van der Waals surface area (Å²) in [6.45, 7) is 0.369. The summed E-state index contributed by atoms with van der Waals surface area (Å²) in [5.74, 6) is 1.17. The lowest BCUT2D eigenvalue weighted by Gasteiger charge is -2.14. The highest BCUT2D eigenvalue weighted by Crippen LogP contribution is 2.32. The molecule has 0 bridgehead atoms. The average molecular weight is 514 g/mol. The molecule has 0 fully saturated rings. The van der Waals surface area contributed by atoms with Crippen LogP contribution >= 0.6 is 23.1 Å². The Balaban J connectivity index is 1.24. The summed E-state index contributed by atoms with van der Waals surface area (Å²) < 4.78 is 13.7. The fraction of sp³-hybridized carbons (Fsp3) is 0.107. The third-order valence-corrected chi connectivity index (χ3v) is 7.65. The van der Waals surface area contributed by atoms with Gasteiger partial charge in [0.2, 0.25) is 0 Å². The normalized spacial score (nSPS) is 11.2. The van der Waals surface area contributed by atoms with E-state index >= 15 is 0 Å². The lowest BCUT2D eigenvalue weighted by atomic mass is 10.1. The number of rotatable bonds is 9. The van der Waals surface area contributed by atoms with Crippen LogP contribution in [0.5, 0.6) is 11.5 Å². The van der Waals surface area contributed by atoms with Gasteiger partial charge in [-0.05, 0) is 40.6 Å². The molecule has 4 aromatic carbocycles. The summed E-state index contributed by atoms with van der Waals surface area (Å²) >= 11 is 2.97. The van der Waals surface area contributed by atoms with Crippen LogP contribution in [-0.2, 0) is 11.4 Å². The first-order valence-corrected chi connectivity index (χ1v) is 13.1. The Bertz CT molecular complexity index is 1510. The standard InChI is InChI=1S/C28H23N3O3S2/c1-33-24-14-7-10-20(27(24)34-17-21-11-6-9-19-8-2-3-12-22(19)21)16-29-31-26(32)18-35-28-30-23-13-4-5-15-25(23)36-28/h2-16H,17-18H2,1H3,(H,31,32)/b29-16-. The number of carbonyl (C=O) groups excluding carboxylic acids is 1. The summed E-state index contributed by atoms with van der Waals surface area (Å²) in [6, 6.07) is 27.8. The SMILES string of the molecule is COc1cccc(/C=N\NC(=O)CSc2nc3ccccc3s2)c1OCc1cccc2ccccc12. The van der Waals surface area contributed by atoms with Crippen LogP contribution in [0, 0.1) is 0 Å². The Morgan fingerprint density at radius 1 is 1.03 bits per heavy atom. The first kappa shape index (κ1) is 23.8. The number of hydrazone groups is 1. The minimum Gasteiger partial charge on any atom is -0.493 e. The minimum atomic E-state index is -0.211. The summed E-state index contributed by atoms with van der Waals surface area (Å²) in [7, 11) is 1.60. The van der Waals surface area contributed by atoms with Gasteiger partial charge < -0.3 is 9.47 Å². The number of nitrogens with zero attached hydrogens (tertiary/aromatic N) is 2. The monoisotopic (exact) mass is 513 g/mol. The lowest BCUT2D eigenvalue weighted by Crippen LogP contribution is -2.19. The molecule has 1 amide bonds. The Morgan fingerprint density at radius 2 is 1.83 bits per heavy atom. The van der Waals surface area contributed by atoms with E-state index in [1.807, 2.05) is 60.7 Å². The first-order chi connectivity index (χ1) is 17.7. The molecule has 0 saturated heterocycles. The van der Waals surface area contributed by atoms with Crippen molar-refractivity contribution in [2.24, 2.45) is 5.10 Å². The van der Waals surface area contributed by atoms with E-state index in [2.05, 4.69) is 39.8 Å². The van der Waals surface area contributed by atoms with Crippen LogP contribution in [0.2, 0.25) is 0 Å². The van der Waals surface area contributed by atoms with Crippen LogP contribution in [0.25, 0.3) is 21.0 Å². The van der Waals surface area contributed by atoms with Crippen molar-refractivity contribution in [3.63, 3.8) is 0 Å². The number of aromatic nitrogens is 1. The molecule has 1 N–H and O–H groups in total. The molecular weight excluding hydrogens is 490 g/mol. The largest absolute Gasteiger partial charge is 0.493 e. The zero-order valence-corrected chi connectivity index (χ0v) is 21.1. The fourth-order valence-corrected chi connectivity index (χ4v) is 5.62. The number of hydrogen-bond donors (Lipinski definition) is 1. The second kappa shape index (κ2) is 11.2. The molecule has 0 aliphatic rings. The second-order valence-corrected chi connectivity index (χ2v) is 10.1. The number of nitrogens with one attached hydrogen (secondary N) is 1. The molecule has 8 heteroatoms. The number of fused-ring (bicyclic) bond motifs is 2. The molecule has 5 aromatic rings. The summed E-state index contributed by atoms with van der Waals surface area (Å²) in [5, 5.41) is 6.45. The molecule has 0 spiro atoms. The van der Waals surface area contributed by atoms with Crippen molar-refractivity contribution in [2.75, 3.05) is 12.9 Å². The number of amides is 1. The van der Waals surface area contributed by atoms with Gasteiger partial charge >= 0.3 is 0 Å². The van der Waals surface area contributed by atoms with Crippen molar-refractivity contribution in [1.29, 1.82) is 0 Å². The van der Waals surface area contributed by atoms with Crippen molar-refractivity contribution < 1.29 is 14.3 Å². The predicted molar refractivity (Wildman–Crippen MR) is 147 cm³/mol. The topological polar surface area (TPSA) is 72.8 Å². The van der Waals surface area contributed by atoms with Crippen molar-refractivity contribution in [3.8, 4) is 11.5 Å². The van der Waals surface area contributed by atoms with Gasteiger partial charge in [0.25, 0.3) is 5.91 Å². The highest BCUT2D eigenvalue weighted by Gasteiger charge is 2.12. The number of para-hydroxylation sites is 2. The van der Waals surface area contributed by atoms with Crippen LogP contribution in [0.4, 0.5) is 0 Å². The number of carbonyl (C=O) groups is 1. The smallest absolute Gasteiger partial charge is 0.250 e. The Kier molecular flexibility index (Phi) is 7.44. The molecule has 0 aliphatic carbocycles. The van der Waals surface area contributed by atoms with E-state index in [0.29, 0.717) is 23.7 Å². The van der Waals surface area contributed by atoms with Gasteiger partial charge in [-0.3, -0.25) is 4.79 Å². The van der Waals surface area contributed by atoms with Crippen molar-refractivity contribution in [3.05, 3.63) is 96.1 Å². The number of hydrogen-bond acceptors (Lipinski definition) is 7. The average Bonchev–Trinajstić information content (AvgIpc) is 3.34. The van der Waals surface area contributed by atoms with Gasteiger partial charge in [-0.15, -0.1) is 11.3 Å². The molecule has 0 unspecified atom stereocenters. The summed E-state index contributed by atoms with van der Waals surface area (Å²) in [4.78, 5) is 16.9. The van der Waals surface area contributed by atoms with Crippen LogP contribution in [0.3, 0.4) is 0 Å². The predicted octanol–water partition coefficient (Wildman–Crippen LogP) is 6.28. The molecule has 0 saturated carbocycles. The van der Waals surface area contributed by atoms with Crippen LogP contribution < -0.4 is 14.9 Å². The maximum Gasteiger partial charge on any atom is 0.250 e. The van der Waals surface area contributed by atoms with Gasteiger partial charge in [0.05, 0.1) is 29.3 Å². The van der Waals surface area contributed by atoms with Gasteiger partial charge in [-0.25, -0.2) is 10.4 Å². The van der Waals surface area contributed by atoms with E-state index in [9.17, 15) is 4.79 Å². The third kappa shape index (κ3) is 5.50. The van der Waals surface area contributed by atoms with E-state index in [0.717, 1.165) is 30.9 Å². The zero-order chi connectivity index (χ0) is 24.7. The zero-order valence-electron chi connectivity index (χ0n) is 19.5. The van der Waals surface area contributed by atoms with Gasteiger partial charge in [0.1, 0.15) is 6.61 Å². The van der Waals surface area contributed by atoms with E-state index in [-0.39, 0.29) is 11.7 Å². The van der Waals surface area contributed by atoms with Crippen LogP contribution in [0.15, 0.2) is 94.4 Å². The highest BCUT2D eigenvalue weighted by atomic mass is 32.2. The Labute approximate surface area is 217 Å². The van der Waals surface area contributed by atoms with Gasteiger partial charge in [0.15, 0.2) is 15.8 Å². The molecular formula is C28H23N3O3S2. The third-order valence-electron chi connectivity index (χ3n) is 5.48. The molecule has 6 nitrogen and oxygen atoms in total. The highest BCUT2D eigenvalue weighted by molar-refractivity contribution is 8.01. The number of benzene rings is 4.